The largest absolute Gasteiger partial charge is 0.375 e. The number of piperazine rings is 1. The number of aliphatic imine (C=N–C) groups is 1. The smallest absolute Gasteiger partial charge is 0.239 e. The lowest BCUT2D eigenvalue weighted by molar-refractivity contribution is -0.135. The minimum Gasteiger partial charge on any atom is -0.375 e. The molecule has 2 aliphatic heterocycles. The van der Waals surface area contributed by atoms with Gasteiger partial charge in [-0.05, 0) is 32.3 Å². The van der Waals surface area contributed by atoms with E-state index in [4.69, 9.17) is 9.73 Å². The van der Waals surface area contributed by atoms with Crippen molar-refractivity contribution in [1.29, 1.82) is 0 Å². The molecule has 1 N–H and O–H groups in total. The van der Waals surface area contributed by atoms with Crippen molar-refractivity contribution in [3.05, 3.63) is 35.9 Å². The first-order valence-electron chi connectivity index (χ1n) is 11.4. The summed E-state index contributed by atoms with van der Waals surface area (Å²) < 4.78 is 5.76. The van der Waals surface area contributed by atoms with Crippen LogP contribution in [-0.2, 0) is 16.1 Å². The highest BCUT2D eigenvalue weighted by molar-refractivity contribution is 5.82. The summed E-state index contributed by atoms with van der Waals surface area (Å²) in [6, 6.07) is 10.2. The van der Waals surface area contributed by atoms with Crippen LogP contribution in [0, 0.1) is 0 Å². The Labute approximate surface area is 181 Å². The Morgan fingerprint density at radius 3 is 2.43 bits per heavy atom. The first-order chi connectivity index (χ1) is 14.7. The molecule has 1 unspecified atom stereocenters. The second kappa shape index (κ2) is 11.9. The summed E-state index contributed by atoms with van der Waals surface area (Å²) in [5.41, 5.74) is 1.18. The van der Waals surface area contributed by atoms with E-state index in [1.54, 1.807) is 0 Å². The van der Waals surface area contributed by atoms with Crippen molar-refractivity contribution in [3.8, 4) is 0 Å². The van der Waals surface area contributed by atoms with Crippen molar-refractivity contribution < 1.29 is 9.53 Å². The summed E-state index contributed by atoms with van der Waals surface area (Å²) in [5.74, 6) is 1.23. The fourth-order valence-electron chi connectivity index (χ4n) is 4.09. The number of hydrogen-bond donors (Lipinski definition) is 1. The zero-order valence-electron chi connectivity index (χ0n) is 18.6. The van der Waals surface area contributed by atoms with Crippen molar-refractivity contribution >= 4 is 11.9 Å². The lowest BCUT2D eigenvalue weighted by Crippen LogP contribution is -2.57. The molecule has 7 nitrogen and oxygen atoms in total. The van der Waals surface area contributed by atoms with Gasteiger partial charge in [0.15, 0.2) is 5.96 Å². The van der Waals surface area contributed by atoms with Gasteiger partial charge in [0.25, 0.3) is 0 Å². The van der Waals surface area contributed by atoms with Crippen LogP contribution in [0.2, 0.25) is 0 Å². The SMILES string of the molecule is CCNC(=NCCOCc1ccccc1)N1CCN(C(C)C(=O)N2CCCC2)CC1. The van der Waals surface area contributed by atoms with Gasteiger partial charge in [-0.3, -0.25) is 14.7 Å². The van der Waals surface area contributed by atoms with Gasteiger partial charge in [0.2, 0.25) is 5.91 Å². The molecule has 1 amide bonds. The van der Waals surface area contributed by atoms with E-state index in [0.717, 1.165) is 64.6 Å². The van der Waals surface area contributed by atoms with Gasteiger partial charge < -0.3 is 19.9 Å². The monoisotopic (exact) mass is 415 g/mol. The number of carbonyl (C=O) groups excluding carboxylic acids is 1. The molecule has 2 heterocycles. The molecule has 0 saturated carbocycles. The zero-order valence-corrected chi connectivity index (χ0v) is 18.6. The Balaban J connectivity index is 1.42. The van der Waals surface area contributed by atoms with Crippen LogP contribution in [0.5, 0.6) is 0 Å². The predicted octanol–water partition coefficient (Wildman–Crippen LogP) is 1.80. The van der Waals surface area contributed by atoms with Crippen molar-refractivity contribution in [2.45, 2.75) is 39.3 Å². The summed E-state index contributed by atoms with van der Waals surface area (Å²) in [6.07, 6.45) is 2.29. The van der Waals surface area contributed by atoms with Crippen LogP contribution in [0.1, 0.15) is 32.3 Å². The lowest BCUT2D eigenvalue weighted by Gasteiger charge is -2.39. The Hall–Kier alpha value is -2.12. The highest BCUT2D eigenvalue weighted by Crippen LogP contribution is 2.14. The molecule has 2 saturated heterocycles. The molecule has 1 aromatic rings. The molecule has 0 aliphatic carbocycles. The van der Waals surface area contributed by atoms with Gasteiger partial charge in [-0.15, -0.1) is 0 Å². The molecule has 0 bridgehead atoms. The van der Waals surface area contributed by atoms with Crippen LogP contribution < -0.4 is 5.32 Å². The van der Waals surface area contributed by atoms with Crippen molar-refractivity contribution in [1.82, 2.24) is 20.0 Å². The highest BCUT2D eigenvalue weighted by Gasteiger charge is 2.30. The van der Waals surface area contributed by atoms with Gasteiger partial charge in [0.05, 0.1) is 25.8 Å². The van der Waals surface area contributed by atoms with Crippen LogP contribution in [-0.4, -0.2) is 91.6 Å². The third kappa shape index (κ3) is 6.44. The van der Waals surface area contributed by atoms with Crippen molar-refractivity contribution in [2.24, 2.45) is 4.99 Å². The molecule has 1 aromatic carbocycles. The zero-order chi connectivity index (χ0) is 21.2. The van der Waals surface area contributed by atoms with Gasteiger partial charge in [0.1, 0.15) is 0 Å². The molecule has 3 rings (SSSR count). The number of nitrogens with one attached hydrogen (secondary N) is 1. The maximum atomic E-state index is 12.7. The molecular formula is C23H37N5O2. The standard InChI is InChI=1S/C23H37N5O2/c1-3-24-23(25-11-18-30-19-21-9-5-4-6-10-21)28-16-14-26(15-17-28)20(2)22(29)27-12-7-8-13-27/h4-6,9-10,20H,3,7-8,11-19H2,1-2H3,(H,24,25). The fourth-order valence-corrected chi connectivity index (χ4v) is 4.09. The predicted molar refractivity (Wildman–Crippen MR) is 120 cm³/mol. The van der Waals surface area contributed by atoms with E-state index in [1.807, 2.05) is 23.1 Å². The summed E-state index contributed by atoms with van der Waals surface area (Å²) in [7, 11) is 0. The van der Waals surface area contributed by atoms with Crippen LogP contribution in [0.15, 0.2) is 35.3 Å². The summed E-state index contributed by atoms with van der Waals surface area (Å²) in [6.45, 7) is 12.2. The number of nitrogens with zero attached hydrogens (tertiary/aromatic N) is 4. The molecule has 166 valence electrons. The van der Waals surface area contributed by atoms with E-state index in [9.17, 15) is 4.79 Å². The molecular weight excluding hydrogens is 378 g/mol. The highest BCUT2D eigenvalue weighted by atomic mass is 16.5. The van der Waals surface area contributed by atoms with E-state index in [2.05, 4.69) is 41.1 Å². The van der Waals surface area contributed by atoms with Gasteiger partial charge in [-0.25, -0.2) is 0 Å². The quantitative estimate of drug-likeness (QED) is 0.399. The number of benzene rings is 1. The Bertz CT molecular complexity index is 667. The maximum Gasteiger partial charge on any atom is 0.239 e. The average Bonchev–Trinajstić information content (AvgIpc) is 3.33. The van der Waals surface area contributed by atoms with Crippen LogP contribution in [0.4, 0.5) is 0 Å². The number of ether oxygens (including phenoxy) is 1. The Kier molecular flexibility index (Phi) is 8.96. The molecule has 30 heavy (non-hydrogen) atoms. The van der Waals surface area contributed by atoms with Crippen molar-refractivity contribution in [3.63, 3.8) is 0 Å². The van der Waals surface area contributed by atoms with E-state index < -0.39 is 0 Å². The van der Waals surface area contributed by atoms with Gasteiger partial charge >= 0.3 is 0 Å². The topological polar surface area (TPSA) is 60.4 Å². The fraction of sp³-hybridized carbons (Fsp3) is 0.652. The number of guanidine groups is 1. The Morgan fingerprint density at radius 1 is 1.07 bits per heavy atom. The first-order valence-corrected chi connectivity index (χ1v) is 11.4. The van der Waals surface area contributed by atoms with Crippen LogP contribution in [0.25, 0.3) is 0 Å². The average molecular weight is 416 g/mol. The number of carbonyl (C=O) groups is 1. The van der Waals surface area contributed by atoms with E-state index in [-0.39, 0.29) is 11.9 Å². The molecule has 0 spiro atoms. The molecule has 2 fully saturated rings. The van der Waals surface area contributed by atoms with Crippen LogP contribution in [0.3, 0.4) is 0 Å². The summed E-state index contributed by atoms with van der Waals surface area (Å²) in [5, 5.41) is 3.40. The second-order valence-corrected chi connectivity index (χ2v) is 8.01. The minimum absolute atomic E-state index is 0.0313. The first kappa shape index (κ1) is 22.6. The second-order valence-electron chi connectivity index (χ2n) is 8.01. The van der Waals surface area contributed by atoms with E-state index in [0.29, 0.717) is 19.8 Å². The molecule has 1 atom stereocenters. The summed E-state index contributed by atoms with van der Waals surface area (Å²) >= 11 is 0. The Morgan fingerprint density at radius 2 is 1.77 bits per heavy atom. The summed E-state index contributed by atoms with van der Waals surface area (Å²) in [4.78, 5) is 24.1. The van der Waals surface area contributed by atoms with Gasteiger partial charge in [-0.2, -0.15) is 0 Å². The van der Waals surface area contributed by atoms with E-state index in [1.165, 1.54) is 5.56 Å². The van der Waals surface area contributed by atoms with Gasteiger partial charge in [-0.1, -0.05) is 30.3 Å². The maximum absolute atomic E-state index is 12.7. The van der Waals surface area contributed by atoms with Crippen LogP contribution >= 0.6 is 0 Å². The number of hydrogen-bond acceptors (Lipinski definition) is 4. The number of amides is 1. The van der Waals surface area contributed by atoms with Gasteiger partial charge in [0, 0.05) is 45.8 Å². The third-order valence-corrected chi connectivity index (χ3v) is 5.88. The third-order valence-electron chi connectivity index (χ3n) is 5.88. The lowest BCUT2D eigenvalue weighted by atomic mass is 10.2. The normalized spacial score (nSPS) is 19.2. The number of likely N-dealkylation sites (tertiary alicyclic amines) is 1. The molecule has 2 aliphatic rings. The molecule has 0 aromatic heterocycles. The molecule has 0 radical (unpaired) electrons. The molecule has 7 heteroatoms. The minimum atomic E-state index is -0.0313. The number of rotatable bonds is 8. The van der Waals surface area contributed by atoms with E-state index >= 15 is 0 Å². The van der Waals surface area contributed by atoms with Crippen molar-refractivity contribution in [2.75, 3.05) is 59.0 Å².